The minimum Gasteiger partial charge on any atom is -0.479 e. The lowest BCUT2D eigenvalue weighted by atomic mass is 9.91. The molecule has 1 aliphatic rings. The number of esters is 3. The van der Waals surface area contributed by atoms with Gasteiger partial charge in [0.1, 0.15) is 0 Å². The first kappa shape index (κ1) is 20.2. The Morgan fingerprint density at radius 2 is 1.52 bits per heavy atom. The summed E-state index contributed by atoms with van der Waals surface area (Å²) in [6, 6.07) is 0. The van der Waals surface area contributed by atoms with Crippen molar-refractivity contribution < 1.29 is 43.2 Å². The van der Waals surface area contributed by atoms with Gasteiger partial charge in [0, 0.05) is 25.7 Å². The summed E-state index contributed by atoms with van der Waals surface area (Å²) in [7, 11) is 0. The lowest BCUT2D eigenvalue weighted by Crippen LogP contribution is -2.67. The molecule has 5 atom stereocenters. The lowest BCUT2D eigenvalue weighted by molar-refractivity contribution is -0.273. The van der Waals surface area contributed by atoms with Crippen LogP contribution in [-0.2, 0) is 38.1 Å². The van der Waals surface area contributed by atoms with E-state index in [4.69, 9.17) is 24.5 Å². The zero-order chi connectivity index (χ0) is 19.4. The summed E-state index contributed by atoms with van der Waals surface area (Å²) in [5, 5.41) is 12.7. The second kappa shape index (κ2) is 7.81. The number of ether oxygens (including phenoxy) is 4. The molecule has 0 saturated carbocycles. The van der Waals surface area contributed by atoms with Gasteiger partial charge in [-0.1, -0.05) is 5.11 Å². The van der Waals surface area contributed by atoms with Crippen LogP contribution in [0.25, 0.3) is 10.4 Å². The first-order chi connectivity index (χ1) is 11.5. The zero-order valence-corrected chi connectivity index (χ0v) is 13.9. The van der Waals surface area contributed by atoms with E-state index in [9.17, 15) is 24.3 Å². The Balaban J connectivity index is 3.50. The fourth-order valence-electron chi connectivity index (χ4n) is 2.40. The molecule has 0 aromatic rings. The number of nitrogens with zero attached hydrogens (tertiary/aromatic N) is 3. The molecule has 0 bridgehead atoms. The van der Waals surface area contributed by atoms with Crippen molar-refractivity contribution in [1.29, 1.82) is 0 Å². The molecular formula is C13H17N3O9. The molecule has 0 radical (unpaired) electrons. The molecule has 0 spiro atoms. The number of hydrogen-bond acceptors (Lipinski definition) is 9. The lowest BCUT2D eigenvalue weighted by Gasteiger charge is -2.46. The number of azide groups is 1. The largest absolute Gasteiger partial charge is 0.479 e. The zero-order valence-electron chi connectivity index (χ0n) is 13.9. The number of carbonyl (C=O) groups excluding carboxylic acids is 3. The average Bonchev–Trinajstić information content (AvgIpc) is 2.44. The molecule has 0 amide bonds. The second-order valence-electron chi connectivity index (χ2n) is 5.30. The highest BCUT2D eigenvalue weighted by atomic mass is 16.7. The van der Waals surface area contributed by atoms with Crippen molar-refractivity contribution in [2.24, 2.45) is 5.11 Å². The third kappa shape index (κ3) is 4.81. The van der Waals surface area contributed by atoms with Gasteiger partial charge in [-0.25, -0.2) is 4.79 Å². The van der Waals surface area contributed by atoms with Crippen LogP contribution in [0, 0.1) is 0 Å². The molecule has 1 fully saturated rings. The van der Waals surface area contributed by atoms with Gasteiger partial charge in [-0.3, -0.25) is 14.4 Å². The van der Waals surface area contributed by atoms with Crippen molar-refractivity contribution in [3.63, 3.8) is 0 Å². The van der Waals surface area contributed by atoms with E-state index in [0.717, 1.165) is 27.7 Å². The van der Waals surface area contributed by atoms with Gasteiger partial charge in [0.2, 0.25) is 0 Å². The number of rotatable bonds is 5. The molecule has 12 nitrogen and oxygen atoms in total. The minimum absolute atomic E-state index is 0.847. The van der Waals surface area contributed by atoms with Crippen LogP contribution in [0.4, 0.5) is 0 Å². The Bertz CT molecular complexity index is 630. The summed E-state index contributed by atoms with van der Waals surface area (Å²) in [4.78, 5) is 48.2. The van der Waals surface area contributed by atoms with Gasteiger partial charge in [0.05, 0.1) is 0 Å². The highest BCUT2D eigenvalue weighted by molar-refractivity contribution is 5.75. The Hall–Kier alpha value is -2.85. The summed E-state index contributed by atoms with van der Waals surface area (Å²) >= 11 is 0. The van der Waals surface area contributed by atoms with Crippen LogP contribution >= 0.6 is 0 Å². The van der Waals surface area contributed by atoms with Crippen molar-refractivity contribution in [2.45, 2.75) is 57.8 Å². The van der Waals surface area contributed by atoms with Crippen molar-refractivity contribution >= 4 is 23.9 Å². The van der Waals surface area contributed by atoms with Crippen LogP contribution in [0.15, 0.2) is 5.11 Å². The predicted molar refractivity (Wildman–Crippen MR) is 76.7 cm³/mol. The SMILES string of the molecule is CC(=O)O[C@H]1[C@H](OC(C)=O)[C@@H](OC(C)=O)[C@](C)(N=[N+]=[N-])O[C@@H]1C(=O)O. The predicted octanol–water partition coefficient (Wildman–Crippen LogP) is 0.291. The molecule has 1 rings (SSSR count). The fraction of sp³-hybridized carbons (Fsp3) is 0.692. The molecule has 1 N–H and O–H groups in total. The van der Waals surface area contributed by atoms with E-state index in [-0.39, 0.29) is 0 Å². The van der Waals surface area contributed by atoms with Crippen LogP contribution < -0.4 is 0 Å². The van der Waals surface area contributed by atoms with Gasteiger partial charge in [0.25, 0.3) is 0 Å². The van der Waals surface area contributed by atoms with E-state index in [0.29, 0.717) is 0 Å². The molecular weight excluding hydrogens is 342 g/mol. The van der Waals surface area contributed by atoms with Crippen LogP contribution in [0.5, 0.6) is 0 Å². The number of aliphatic carboxylic acids is 1. The van der Waals surface area contributed by atoms with E-state index in [1.165, 1.54) is 0 Å². The standard InChI is InChI=1S/C13H17N3O9/c1-5(17)22-8-9(23-6(2)18)11(24-7(3)19)13(4,15-16-14)25-10(8)12(20)21/h8-11H,1-4H3,(H,20,21)/t8-,9-,10-,11+,13+/m0/s1. The summed E-state index contributed by atoms with van der Waals surface area (Å²) < 4.78 is 20.2. The van der Waals surface area contributed by atoms with Gasteiger partial charge >= 0.3 is 23.9 Å². The van der Waals surface area contributed by atoms with Gasteiger partial charge in [-0.15, -0.1) is 0 Å². The van der Waals surface area contributed by atoms with Crippen LogP contribution in [0.2, 0.25) is 0 Å². The number of carbonyl (C=O) groups is 4. The summed E-state index contributed by atoms with van der Waals surface area (Å²) in [5.41, 5.74) is 6.71. The maximum absolute atomic E-state index is 11.5. The first-order valence-corrected chi connectivity index (χ1v) is 7.00. The molecule has 0 aromatic carbocycles. The quantitative estimate of drug-likeness (QED) is 0.238. The number of carboxylic acids is 1. The van der Waals surface area contributed by atoms with Gasteiger partial charge in [-0.05, 0) is 12.5 Å². The molecule has 1 heterocycles. The first-order valence-electron chi connectivity index (χ1n) is 7.00. The van der Waals surface area contributed by atoms with Crippen molar-refractivity contribution in [2.75, 3.05) is 0 Å². The van der Waals surface area contributed by atoms with Gasteiger partial charge in [-0.2, -0.15) is 0 Å². The topological polar surface area (TPSA) is 174 Å². The molecule has 25 heavy (non-hydrogen) atoms. The summed E-state index contributed by atoms with van der Waals surface area (Å²) in [6.07, 6.45) is -6.60. The molecule has 1 saturated heterocycles. The maximum atomic E-state index is 11.5. The Morgan fingerprint density at radius 1 is 1.04 bits per heavy atom. The molecule has 138 valence electrons. The monoisotopic (exact) mass is 359 g/mol. The van der Waals surface area contributed by atoms with Crippen molar-refractivity contribution in [3.8, 4) is 0 Å². The molecule has 0 aromatic heterocycles. The van der Waals surface area contributed by atoms with Gasteiger partial charge < -0.3 is 24.1 Å². The molecule has 1 aliphatic heterocycles. The van der Waals surface area contributed by atoms with E-state index in [2.05, 4.69) is 10.0 Å². The van der Waals surface area contributed by atoms with Crippen LogP contribution in [-0.4, -0.2) is 59.1 Å². The number of carboxylic acid groups (broad SMARTS) is 1. The van der Waals surface area contributed by atoms with E-state index in [1.54, 1.807) is 0 Å². The Morgan fingerprint density at radius 3 is 1.92 bits per heavy atom. The average molecular weight is 359 g/mol. The normalized spacial score (nSPS) is 31.2. The second-order valence-corrected chi connectivity index (χ2v) is 5.30. The Labute approximate surface area is 141 Å². The molecule has 12 heteroatoms. The Kier molecular flexibility index (Phi) is 6.31. The third-order valence-electron chi connectivity index (χ3n) is 3.20. The van der Waals surface area contributed by atoms with E-state index < -0.39 is 54.0 Å². The number of hydrogen-bond donors (Lipinski definition) is 1. The summed E-state index contributed by atoms with van der Waals surface area (Å²) in [6.45, 7) is 4.21. The van der Waals surface area contributed by atoms with Crippen LogP contribution in [0.1, 0.15) is 27.7 Å². The smallest absolute Gasteiger partial charge is 0.336 e. The fourth-order valence-corrected chi connectivity index (χ4v) is 2.40. The minimum atomic E-state index is -2.03. The maximum Gasteiger partial charge on any atom is 0.336 e. The highest BCUT2D eigenvalue weighted by Gasteiger charge is 2.59. The van der Waals surface area contributed by atoms with E-state index >= 15 is 0 Å². The van der Waals surface area contributed by atoms with Crippen LogP contribution in [0.3, 0.4) is 0 Å². The van der Waals surface area contributed by atoms with E-state index in [1.807, 2.05) is 0 Å². The van der Waals surface area contributed by atoms with Crippen molar-refractivity contribution in [3.05, 3.63) is 10.4 Å². The summed E-state index contributed by atoms with van der Waals surface area (Å²) in [5.74, 6) is -4.16. The highest BCUT2D eigenvalue weighted by Crippen LogP contribution is 2.36. The third-order valence-corrected chi connectivity index (χ3v) is 3.20. The van der Waals surface area contributed by atoms with Gasteiger partial charge in [0.15, 0.2) is 30.1 Å². The molecule has 0 unspecified atom stereocenters. The van der Waals surface area contributed by atoms with Crippen molar-refractivity contribution in [1.82, 2.24) is 0 Å². The molecule has 0 aliphatic carbocycles.